The summed E-state index contributed by atoms with van der Waals surface area (Å²) in [5.74, 6) is -0.225. The number of quaternary nitrogens is 1. The maximum absolute atomic E-state index is 12.9. The summed E-state index contributed by atoms with van der Waals surface area (Å²) >= 11 is 0. The van der Waals surface area contributed by atoms with Crippen LogP contribution < -0.4 is 5.32 Å². The molecule has 432 valence electrons. The van der Waals surface area contributed by atoms with Gasteiger partial charge in [-0.2, -0.15) is 0 Å². The average Bonchev–Trinajstić information content (AvgIpc) is 3.39. The van der Waals surface area contributed by atoms with Gasteiger partial charge in [-0.05, 0) is 135 Å². The number of allylic oxidation sites excluding steroid dienone is 29. The topological polar surface area (TPSA) is 105 Å². The molecular weight excluding hydrogens is 972 g/mol. The third-order valence-electron chi connectivity index (χ3n) is 11.8. The summed E-state index contributed by atoms with van der Waals surface area (Å²) in [7, 11) is 1.50. The van der Waals surface area contributed by atoms with Crippen molar-refractivity contribution in [2.45, 2.75) is 199 Å². The van der Waals surface area contributed by atoms with Crippen LogP contribution in [0.15, 0.2) is 182 Å². The molecule has 0 aromatic carbocycles. The van der Waals surface area contributed by atoms with Gasteiger partial charge in [-0.25, -0.2) is 4.57 Å². The minimum Gasteiger partial charge on any atom is -0.387 e. The Bertz CT molecular complexity index is 1900. The van der Waals surface area contributed by atoms with Gasteiger partial charge in [-0.3, -0.25) is 13.8 Å². The minimum atomic E-state index is -4.38. The number of rotatable bonds is 51. The summed E-state index contributed by atoms with van der Waals surface area (Å²) in [4.78, 5) is 23.2. The van der Waals surface area contributed by atoms with Crippen molar-refractivity contribution >= 4 is 13.7 Å². The highest BCUT2D eigenvalue weighted by molar-refractivity contribution is 7.47. The van der Waals surface area contributed by atoms with E-state index in [1.54, 1.807) is 6.08 Å². The van der Waals surface area contributed by atoms with Gasteiger partial charge in [0, 0.05) is 6.42 Å². The molecule has 3 atom stereocenters. The number of aliphatic hydroxyl groups is 1. The zero-order valence-electron chi connectivity index (χ0n) is 49.1. The Balaban J connectivity index is 4.24. The van der Waals surface area contributed by atoms with Crippen LogP contribution in [0.3, 0.4) is 0 Å². The van der Waals surface area contributed by atoms with Crippen molar-refractivity contribution in [2.75, 3.05) is 40.9 Å². The first kappa shape index (κ1) is 72.6. The monoisotopic (exact) mass is 1080 g/mol. The molecule has 0 spiro atoms. The van der Waals surface area contributed by atoms with Gasteiger partial charge in [-0.1, -0.05) is 228 Å². The second-order valence-corrected chi connectivity index (χ2v) is 21.7. The molecule has 0 rings (SSSR count). The Hall–Kier alpha value is -4.40. The number of nitrogens with zero attached hydrogens (tertiary/aromatic N) is 1. The van der Waals surface area contributed by atoms with Crippen LogP contribution in [0.25, 0.3) is 0 Å². The van der Waals surface area contributed by atoms with Gasteiger partial charge >= 0.3 is 7.82 Å². The van der Waals surface area contributed by atoms with Crippen molar-refractivity contribution in [3.05, 3.63) is 182 Å². The third-order valence-corrected chi connectivity index (χ3v) is 12.8. The molecule has 77 heavy (non-hydrogen) atoms. The number of carbonyl (C=O) groups is 1. The fourth-order valence-corrected chi connectivity index (χ4v) is 7.96. The molecule has 0 saturated carbocycles. The number of nitrogens with one attached hydrogen (secondary N) is 1. The smallest absolute Gasteiger partial charge is 0.387 e. The molecule has 9 heteroatoms. The van der Waals surface area contributed by atoms with E-state index in [4.69, 9.17) is 9.05 Å². The van der Waals surface area contributed by atoms with Crippen molar-refractivity contribution in [1.29, 1.82) is 0 Å². The molecule has 0 aliphatic rings. The molecule has 8 nitrogen and oxygen atoms in total. The second-order valence-electron chi connectivity index (χ2n) is 20.3. The number of amides is 1. The van der Waals surface area contributed by atoms with E-state index in [0.29, 0.717) is 17.4 Å². The Morgan fingerprint density at radius 2 is 0.792 bits per heavy atom. The van der Waals surface area contributed by atoms with Crippen molar-refractivity contribution in [1.82, 2.24) is 5.32 Å². The molecule has 0 fully saturated rings. The van der Waals surface area contributed by atoms with Crippen molar-refractivity contribution in [3.63, 3.8) is 0 Å². The van der Waals surface area contributed by atoms with Gasteiger partial charge in [0.15, 0.2) is 0 Å². The standard InChI is InChI=1S/C68H109N2O6P/c1-6-8-10-12-14-16-18-20-22-23-24-25-26-27-28-29-30-31-32-33-34-35-36-37-38-39-40-41-42-43-44-45-46-47-48-50-52-54-56-58-60-62-68(72)69-66(65-76-77(73,74)75-64-63-70(3,4)5)67(71)61-59-57-55-53-51-49-21-19-17-15-13-11-9-7-2/h8,10,14,16-17,19-20,22,24-25,27-28,30-31,33-34,36-37,39-40,42-43,45-46,48,50-51,53,59,61,66-67,71H,6-7,9,11-13,15,18,21,23,26,29,32,35,38,41,44,47,49,52,54-58,60,62-65H2,1-5H3,(H-,69,72,73,74)/p+1/b10-8-,16-14-,19-17+,22-20-,25-24-,28-27-,31-30-,34-33-,37-36-,40-39-,43-42-,46-45-,50-48-,53-51+,61-59+. The SMILES string of the molecule is CC/C=C\C/C=C\C/C=C\C/C=C\C/C=C\C/C=C\C/C=C\C/C=C\C/C=C\C/C=C\C/C=C\C/C=C\CCCCCCC(=O)NC(COP(=O)(O)OCC[N+](C)(C)C)C(O)/C=C/CC/C=C/CC/C=C/CCCCCC. The zero-order valence-corrected chi connectivity index (χ0v) is 50.0. The summed E-state index contributed by atoms with van der Waals surface area (Å²) < 4.78 is 23.6. The lowest BCUT2D eigenvalue weighted by Crippen LogP contribution is -2.45. The second kappa shape index (κ2) is 56.3. The first-order valence-corrected chi connectivity index (χ1v) is 31.2. The van der Waals surface area contributed by atoms with Crippen LogP contribution in [0.5, 0.6) is 0 Å². The Labute approximate surface area is 472 Å². The summed E-state index contributed by atoms with van der Waals surface area (Å²) in [6.07, 6.45) is 91.5. The fraction of sp³-hybridized carbons (Fsp3) is 0.544. The molecule has 0 bridgehead atoms. The number of phosphoric acid groups is 1. The number of likely N-dealkylation sites (N-methyl/N-ethyl adjacent to an activating group) is 1. The Kier molecular flexibility index (Phi) is 53.1. The molecule has 1 amide bonds. The van der Waals surface area contributed by atoms with Crippen LogP contribution in [0.4, 0.5) is 0 Å². The number of phosphoric ester groups is 1. The van der Waals surface area contributed by atoms with Gasteiger partial charge in [0.25, 0.3) is 0 Å². The molecule has 0 saturated heterocycles. The molecular formula is C68H110N2O6P+. The van der Waals surface area contributed by atoms with Gasteiger partial charge in [0.1, 0.15) is 13.2 Å². The van der Waals surface area contributed by atoms with E-state index in [2.05, 4.69) is 189 Å². The molecule has 0 aromatic heterocycles. The lowest BCUT2D eigenvalue weighted by Gasteiger charge is -2.25. The van der Waals surface area contributed by atoms with Crippen LogP contribution in [0.2, 0.25) is 0 Å². The van der Waals surface area contributed by atoms with Crippen molar-refractivity contribution in [2.24, 2.45) is 0 Å². The predicted octanol–water partition coefficient (Wildman–Crippen LogP) is 18.6. The van der Waals surface area contributed by atoms with Crippen LogP contribution >= 0.6 is 7.82 Å². The van der Waals surface area contributed by atoms with E-state index in [9.17, 15) is 19.4 Å². The van der Waals surface area contributed by atoms with E-state index in [1.807, 2.05) is 27.2 Å². The first-order valence-electron chi connectivity index (χ1n) is 29.7. The van der Waals surface area contributed by atoms with E-state index in [0.717, 1.165) is 141 Å². The highest BCUT2D eigenvalue weighted by atomic mass is 31.2. The lowest BCUT2D eigenvalue weighted by molar-refractivity contribution is -0.870. The number of hydrogen-bond donors (Lipinski definition) is 3. The summed E-state index contributed by atoms with van der Waals surface area (Å²) in [5, 5.41) is 13.8. The third kappa shape index (κ3) is 59.1. The largest absolute Gasteiger partial charge is 0.472 e. The van der Waals surface area contributed by atoms with Crippen molar-refractivity contribution < 1.29 is 32.9 Å². The van der Waals surface area contributed by atoms with Crippen LogP contribution in [-0.2, 0) is 18.4 Å². The predicted molar refractivity (Wildman–Crippen MR) is 336 cm³/mol. The van der Waals surface area contributed by atoms with E-state index < -0.39 is 20.0 Å². The highest BCUT2D eigenvalue weighted by Crippen LogP contribution is 2.43. The Morgan fingerprint density at radius 1 is 0.455 bits per heavy atom. The normalized spacial score (nSPS) is 15.2. The quantitative estimate of drug-likeness (QED) is 0.0243. The number of carbonyl (C=O) groups excluding carboxylic acids is 1. The number of aliphatic hydroxyl groups excluding tert-OH is 1. The summed E-state index contributed by atoms with van der Waals surface area (Å²) in [6, 6.07) is -0.897. The van der Waals surface area contributed by atoms with Gasteiger partial charge in [-0.15, -0.1) is 0 Å². The molecule has 0 heterocycles. The minimum absolute atomic E-state index is 0.0379. The first-order chi connectivity index (χ1) is 37.5. The lowest BCUT2D eigenvalue weighted by atomic mass is 10.1. The maximum atomic E-state index is 12.9. The van der Waals surface area contributed by atoms with Gasteiger partial charge in [0.2, 0.25) is 5.91 Å². The number of hydrogen-bond acceptors (Lipinski definition) is 5. The van der Waals surface area contributed by atoms with Crippen LogP contribution in [0, 0.1) is 0 Å². The molecule has 3 unspecified atom stereocenters. The van der Waals surface area contributed by atoms with Crippen LogP contribution in [0.1, 0.15) is 187 Å². The molecule has 0 aromatic rings. The van der Waals surface area contributed by atoms with E-state index in [1.165, 1.54) is 25.7 Å². The maximum Gasteiger partial charge on any atom is 0.472 e. The average molecular weight is 1080 g/mol. The highest BCUT2D eigenvalue weighted by Gasteiger charge is 2.27. The van der Waals surface area contributed by atoms with Crippen LogP contribution in [-0.4, -0.2) is 73.4 Å². The van der Waals surface area contributed by atoms with Gasteiger partial charge in [0.05, 0.1) is 39.9 Å². The molecule has 0 aliphatic carbocycles. The van der Waals surface area contributed by atoms with E-state index >= 15 is 0 Å². The molecule has 0 aliphatic heterocycles. The van der Waals surface area contributed by atoms with Crippen molar-refractivity contribution in [3.8, 4) is 0 Å². The molecule has 0 radical (unpaired) electrons. The fourth-order valence-electron chi connectivity index (χ4n) is 7.23. The summed E-state index contributed by atoms with van der Waals surface area (Å²) in [5.41, 5.74) is 0. The zero-order chi connectivity index (χ0) is 56.3. The molecule has 3 N–H and O–H groups in total. The summed E-state index contributed by atoms with van der Waals surface area (Å²) in [6.45, 7) is 4.59. The Morgan fingerprint density at radius 3 is 1.18 bits per heavy atom. The van der Waals surface area contributed by atoms with Gasteiger partial charge < -0.3 is 19.8 Å². The number of unbranched alkanes of at least 4 members (excludes halogenated alkanes) is 10. The van der Waals surface area contributed by atoms with E-state index in [-0.39, 0.29) is 19.1 Å².